The van der Waals surface area contributed by atoms with Crippen LogP contribution in [-0.2, 0) is 16.0 Å². The van der Waals surface area contributed by atoms with Gasteiger partial charge in [-0.1, -0.05) is 30.3 Å². The van der Waals surface area contributed by atoms with Crippen molar-refractivity contribution in [3.05, 3.63) is 65.7 Å². The maximum absolute atomic E-state index is 12.6. The van der Waals surface area contributed by atoms with Gasteiger partial charge in [-0.15, -0.1) is 0 Å². The van der Waals surface area contributed by atoms with Crippen LogP contribution < -0.4 is 21.1 Å². The molecule has 1 atom stereocenters. The van der Waals surface area contributed by atoms with Gasteiger partial charge in [-0.3, -0.25) is 14.4 Å². The highest BCUT2D eigenvalue weighted by Gasteiger charge is 2.20. The molecule has 30 heavy (non-hydrogen) atoms. The van der Waals surface area contributed by atoms with Crippen molar-refractivity contribution in [3.8, 4) is 5.75 Å². The third-order valence-corrected chi connectivity index (χ3v) is 4.94. The van der Waals surface area contributed by atoms with Crippen molar-refractivity contribution in [1.29, 1.82) is 0 Å². The minimum atomic E-state index is -0.638. The Bertz CT molecular complexity index is 845. The van der Waals surface area contributed by atoms with Crippen LogP contribution in [-0.4, -0.2) is 48.9 Å². The summed E-state index contributed by atoms with van der Waals surface area (Å²) in [4.78, 5) is 36.1. The van der Waals surface area contributed by atoms with Gasteiger partial charge in [-0.05, 0) is 54.7 Å². The van der Waals surface area contributed by atoms with Crippen LogP contribution >= 0.6 is 11.8 Å². The number of para-hydroxylation sites is 1. The number of thioether (sulfide) groups is 1. The van der Waals surface area contributed by atoms with Crippen LogP contribution in [0.2, 0.25) is 0 Å². The Hall–Kier alpha value is -3.00. The summed E-state index contributed by atoms with van der Waals surface area (Å²) in [6, 6.07) is 15.4. The summed E-state index contributed by atoms with van der Waals surface area (Å²) in [6.07, 6.45) is 3.01. The second-order valence-electron chi connectivity index (χ2n) is 6.61. The van der Waals surface area contributed by atoms with E-state index < -0.39 is 11.9 Å². The van der Waals surface area contributed by atoms with E-state index in [0.717, 1.165) is 11.3 Å². The first kappa shape index (κ1) is 23.3. The summed E-state index contributed by atoms with van der Waals surface area (Å²) in [5.74, 6) is 0.241. The van der Waals surface area contributed by atoms with E-state index in [1.54, 1.807) is 42.1 Å². The molecule has 2 aromatic rings. The lowest BCUT2D eigenvalue weighted by Gasteiger charge is -2.18. The highest BCUT2D eigenvalue weighted by atomic mass is 32.2. The van der Waals surface area contributed by atoms with Gasteiger partial charge in [0.25, 0.3) is 5.91 Å². The monoisotopic (exact) mass is 429 g/mol. The van der Waals surface area contributed by atoms with Crippen molar-refractivity contribution in [1.82, 2.24) is 10.6 Å². The Labute approximate surface area is 180 Å². The molecule has 2 aromatic carbocycles. The third-order valence-electron chi connectivity index (χ3n) is 4.30. The number of primary amides is 1. The molecule has 7 nitrogen and oxygen atoms in total. The quantitative estimate of drug-likeness (QED) is 0.476. The predicted molar refractivity (Wildman–Crippen MR) is 119 cm³/mol. The molecule has 0 aliphatic rings. The van der Waals surface area contributed by atoms with Crippen molar-refractivity contribution < 1.29 is 19.1 Å². The van der Waals surface area contributed by atoms with Crippen LogP contribution in [0.3, 0.4) is 0 Å². The zero-order valence-electron chi connectivity index (χ0n) is 16.9. The number of carbonyl (C=O) groups is 3. The minimum Gasteiger partial charge on any atom is -0.484 e. The second kappa shape index (κ2) is 12.5. The molecule has 3 amide bonds. The van der Waals surface area contributed by atoms with E-state index in [2.05, 4.69) is 10.6 Å². The molecular formula is C22H27N3O4S. The fourth-order valence-corrected chi connectivity index (χ4v) is 3.21. The van der Waals surface area contributed by atoms with Crippen LogP contribution in [0.1, 0.15) is 22.3 Å². The van der Waals surface area contributed by atoms with Gasteiger partial charge >= 0.3 is 0 Å². The van der Waals surface area contributed by atoms with Crippen LogP contribution in [0, 0.1) is 0 Å². The molecule has 0 bridgehead atoms. The highest BCUT2D eigenvalue weighted by Crippen LogP contribution is 2.08. The molecule has 0 fully saturated rings. The first-order valence-electron chi connectivity index (χ1n) is 9.62. The minimum absolute atomic E-state index is 0.160. The smallest absolute Gasteiger partial charge is 0.258 e. The van der Waals surface area contributed by atoms with E-state index in [9.17, 15) is 14.4 Å². The molecule has 8 heteroatoms. The van der Waals surface area contributed by atoms with Crippen molar-refractivity contribution in [2.75, 3.05) is 25.2 Å². The number of nitrogens with two attached hydrogens (primary N) is 1. The molecule has 0 saturated carbocycles. The lowest BCUT2D eigenvalue weighted by Crippen LogP contribution is -2.48. The van der Waals surface area contributed by atoms with E-state index in [1.165, 1.54) is 0 Å². The summed E-state index contributed by atoms with van der Waals surface area (Å²) in [5.41, 5.74) is 6.62. The van der Waals surface area contributed by atoms with Crippen LogP contribution in [0.4, 0.5) is 0 Å². The second-order valence-corrected chi connectivity index (χ2v) is 7.59. The maximum Gasteiger partial charge on any atom is 0.258 e. The number of nitrogens with one attached hydrogen (secondary N) is 2. The lowest BCUT2D eigenvalue weighted by molar-refractivity contribution is -0.130. The Morgan fingerprint density at radius 1 is 1.10 bits per heavy atom. The molecule has 4 N–H and O–H groups in total. The highest BCUT2D eigenvalue weighted by molar-refractivity contribution is 7.98. The van der Waals surface area contributed by atoms with Gasteiger partial charge in [0.1, 0.15) is 11.8 Å². The summed E-state index contributed by atoms with van der Waals surface area (Å²) in [7, 11) is 0. The number of hydrogen-bond acceptors (Lipinski definition) is 5. The van der Waals surface area contributed by atoms with Gasteiger partial charge in [0.05, 0.1) is 0 Å². The van der Waals surface area contributed by atoms with Gasteiger partial charge in [0, 0.05) is 12.1 Å². The number of benzene rings is 2. The standard InChI is InChI=1S/C22H27N3O4S/c1-30-13-11-19(25-20(26)15-29-18-8-3-2-4-9-18)22(28)24-12-10-16-6-5-7-17(14-16)21(23)27/h2-9,14,19H,10-13,15H2,1H3,(H2,23,27)(H,24,28)(H,25,26). The first-order chi connectivity index (χ1) is 14.5. The molecule has 0 radical (unpaired) electrons. The van der Waals surface area contributed by atoms with Gasteiger partial charge in [-0.25, -0.2) is 0 Å². The van der Waals surface area contributed by atoms with Crippen LogP contribution in [0.15, 0.2) is 54.6 Å². The Morgan fingerprint density at radius 2 is 1.87 bits per heavy atom. The third kappa shape index (κ3) is 8.16. The molecule has 0 aliphatic heterocycles. The van der Waals surface area contributed by atoms with E-state index in [4.69, 9.17) is 10.5 Å². The number of amides is 3. The number of hydrogen-bond donors (Lipinski definition) is 3. The molecule has 2 rings (SSSR count). The Morgan fingerprint density at radius 3 is 2.57 bits per heavy atom. The van der Waals surface area contributed by atoms with E-state index >= 15 is 0 Å². The van der Waals surface area contributed by atoms with E-state index in [-0.39, 0.29) is 18.4 Å². The van der Waals surface area contributed by atoms with Gasteiger partial charge in [0.2, 0.25) is 11.8 Å². The van der Waals surface area contributed by atoms with Crippen molar-refractivity contribution in [2.24, 2.45) is 5.73 Å². The number of carbonyl (C=O) groups excluding carboxylic acids is 3. The molecule has 1 unspecified atom stereocenters. The average molecular weight is 430 g/mol. The molecule has 0 spiro atoms. The predicted octanol–water partition coefficient (Wildman–Crippen LogP) is 1.76. The number of rotatable bonds is 12. The Balaban J connectivity index is 1.84. The van der Waals surface area contributed by atoms with Crippen LogP contribution in [0.5, 0.6) is 5.75 Å². The van der Waals surface area contributed by atoms with Crippen LogP contribution in [0.25, 0.3) is 0 Å². The van der Waals surface area contributed by atoms with E-state index in [0.29, 0.717) is 30.7 Å². The largest absolute Gasteiger partial charge is 0.484 e. The van der Waals surface area contributed by atoms with Gasteiger partial charge in [0.15, 0.2) is 6.61 Å². The summed E-state index contributed by atoms with van der Waals surface area (Å²) in [6.45, 7) is 0.222. The zero-order chi connectivity index (χ0) is 21.8. The summed E-state index contributed by atoms with van der Waals surface area (Å²) >= 11 is 1.60. The van der Waals surface area contributed by atoms with Gasteiger partial charge < -0.3 is 21.1 Å². The summed E-state index contributed by atoms with van der Waals surface area (Å²) < 4.78 is 5.44. The van der Waals surface area contributed by atoms with E-state index in [1.807, 2.05) is 30.5 Å². The average Bonchev–Trinajstić information content (AvgIpc) is 2.76. The molecular weight excluding hydrogens is 402 g/mol. The molecule has 0 aromatic heterocycles. The van der Waals surface area contributed by atoms with Crippen molar-refractivity contribution in [2.45, 2.75) is 18.9 Å². The molecule has 0 heterocycles. The Kier molecular flexibility index (Phi) is 9.73. The fraction of sp³-hybridized carbons (Fsp3) is 0.318. The lowest BCUT2D eigenvalue weighted by atomic mass is 10.1. The number of ether oxygens (including phenoxy) is 1. The van der Waals surface area contributed by atoms with Crippen molar-refractivity contribution in [3.63, 3.8) is 0 Å². The molecule has 160 valence electrons. The maximum atomic E-state index is 12.6. The first-order valence-corrected chi connectivity index (χ1v) is 11.0. The SMILES string of the molecule is CSCCC(NC(=O)COc1ccccc1)C(=O)NCCc1cccc(C(N)=O)c1. The van der Waals surface area contributed by atoms with Gasteiger partial charge in [-0.2, -0.15) is 11.8 Å². The molecule has 0 aliphatic carbocycles. The summed E-state index contributed by atoms with van der Waals surface area (Å²) in [5, 5.41) is 5.59. The normalized spacial score (nSPS) is 11.4. The topological polar surface area (TPSA) is 111 Å². The fourth-order valence-electron chi connectivity index (χ4n) is 2.74. The van der Waals surface area contributed by atoms with Crippen molar-refractivity contribution >= 4 is 29.5 Å². The molecule has 0 saturated heterocycles. The zero-order valence-corrected chi connectivity index (χ0v) is 17.7.